The monoisotopic (exact) mass is 486 g/mol. The van der Waals surface area contributed by atoms with Gasteiger partial charge in [0.25, 0.3) is 0 Å². The predicted octanol–water partition coefficient (Wildman–Crippen LogP) is 4.54. The Morgan fingerprint density at radius 3 is 2.15 bits per heavy atom. The van der Waals surface area contributed by atoms with Gasteiger partial charge in [0.2, 0.25) is 5.91 Å². The average Bonchev–Trinajstić information content (AvgIpc) is 3.13. The van der Waals surface area contributed by atoms with Crippen molar-refractivity contribution >= 4 is 23.5 Å². The summed E-state index contributed by atoms with van der Waals surface area (Å²) < 4.78 is 37.4. The molecule has 2 aromatic rings. The van der Waals surface area contributed by atoms with Gasteiger partial charge in [-0.05, 0) is 62.7 Å². The third-order valence-electron chi connectivity index (χ3n) is 6.01. The van der Waals surface area contributed by atoms with Gasteiger partial charge in [0, 0.05) is 23.5 Å². The fraction of sp³-hybridized carbons (Fsp3) is 0.478. The van der Waals surface area contributed by atoms with E-state index in [-0.39, 0.29) is 5.91 Å². The van der Waals surface area contributed by atoms with Crippen LogP contribution in [0.25, 0.3) is 0 Å². The Hall–Kier alpha value is -2.52. The molecule has 2 aliphatic rings. The first-order valence-corrected chi connectivity index (χ1v) is 10.9. The third-order valence-corrected chi connectivity index (χ3v) is 6.26. The topological polar surface area (TPSA) is 74.0 Å². The number of piperidine rings is 1. The number of amides is 1. The van der Waals surface area contributed by atoms with Crippen LogP contribution in [0.15, 0.2) is 40.8 Å². The number of carboxylic acids is 1. The van der Waals surface area contributed by atoms with Gasteiger partial charge in [0.15, 0.2) is 0 Å². The number of alkyl halides is 3. The molecule has 2 saturated heterocycles. The summed E-state index contributed by atoms with van der Waals surface area (Å²) in [6, 6.07) is 11.7. The van der Waals surface area contributed by atoms with E-state index in [9.17, 15) is 18.0 Å². The molecule has 2 fully saturated rings. The minimum absolute atomic E-state index is 0.228. The highest BCUT2D eigenvalue weighted by Gasteiger charge is 2.46. The van der Waals surface area contributed by atoms with Crippen LogP contribution in [0, 0.1) is 12.3 Å². The molecule has 6 nitrogen and oxygen atoms in total. The molecule has 180 valence electrons. The maximum Gasteiger partial charge on any atom is 0.490 e. The van der Waals surface area contributed by atoms with Crippen molar-refractivity contribution in [3.8, 4) is 0 Å². The van der Waals surface area contributed by atoms with E-state index in [1.54, 1.807) is 0 Å². The first-order valence-electron chi connectivity index (χ1n) is 10.6. The number of aliphatic carboxylic acids is 1. The van der Waals surface area contributed by atoms with Crippen LogP contribution in [-0.4, -0.2) is 59.1 Å². The second kappa shape index (κ2) is 10.2. The Balaban J connectivity index is 0.000000383. The summed E-state index contributed by atoms with van der Waals surface area (Å²) in [7, 11) is 0. The zero-order valence-corrected chi connectivity index (χ0v) is 19.0. The van der Waals surface area contributed by atoms with Gasteiger partial charge < -0.3 is 14.4 Å². The van der Waals surface area contributed by atoms with Crippen LogP contribution in [0.3, 0.4) is 0 Å². The Bertz CT molecular complexity index is 959. The highest BCUT2D eigenvalue weighted by atomic mass is 35.5. The van der Waals surface area contributed by atoms with Gasteiger partial charge in [-0.15, -0.1) is 0 Å². The van der Waals surface area contributed by atoms with Crippen molar-refractivity contribution in [2.45, 2.75) is 38.9 Å². The minimum Gasteiger partial charge on any atom is -0.475 e. The van der Waals surface area contributed by atoms with E-state index in [0.29, 0.717) is 16.9 Å². The number of halogens is 4. The number of benzene rings is 1. The molecule has 1 aromatic carbocycles. The van der Waals surface area contributed by atoms with Crippen molar-refractivity contribution in [2.75, 3.05) is 26.2 Å². The highest BCUT2D eigenvalue weighted by Crippen LogP contribution is 2.41. The lowest BCUT2D eigenvalue weighted by Crippen LogP contribution is -2.62. The van der Waals surface area contributed by atoms with Crippen molar-refractivity contribution in [3.63, 3.8) is 0 Å². The number of carbonyl (C=O) groups is 2. The second-order valence-corrected chi connectivity index (χ2v) is 9.08. The highest BCUT2D eigenvalue weighted by molar-refractivity contribution is 6.30. The van der Waals surface area contributed by atoms with E-state index < -0.39 is 12.1 Å². The van der Waals surface area contributed by atoms with Gasteiger partial charge in [0.1, 0.15) is 11.5 Å². The maximum absolute atomic E-state index is 12.5. The minimum atomic E-state index is -5.08. The molecule has 1 amide bonds. The third kappa shape index (κ3) is 6.98. The average molecular weight is 487 g/mol. The van der Waals surface area contributed by atoms with Crippen LogP contribution in [0.2, 0.25) is 5.02 Å². The van der Waals surface area contributed by atoms with Gasteiger partial charge in [-0.3, -0.25) is 9.69 Å². The number of rotatable bonds is 4. The molecule has 0 atom stereocenters. The maximum atomic E-state index is 12.5. The van der Waals surface area contributed by atoms with Crippen molar-refractivity contribution in [2.24, 2.45) is 5.41 Å². The van der Waals surface area contributed by atoms with E-state index in [0.717, 1.165) is 62.6 Å². The summed E-state index contributed by atoms with van der Waals surface area (Å²) in [5.41, 5.74) is 1.37. The van der Waals surface area contributed by atoms with Gasteiger partial charge in [-0.1, -0.05) is 23.7 Å². The number of aryl methyl sites for hydroxylation is 1. The number of likely N-dealkylation sites (tertiary alicyclic amines) is 2. The fourth-order valence-corrected chi connectivity index (χ4v) is 4.25. The predicted molar refractivity (Wildman–Crippen MR) is 116 cm³/mol. The Morgan fingerprint density at radius 2 is 1.67 bits per heavy atom. The number of carbonyl (C=O) groups excluding carboxylic acids is 1. The lowest BCUT2D eigenvalue weighted by molar-refractivity contribution is -0.192. The normalized spacial score (nSPS) is 17.8. The van der Waals surface area contributed by atoms with Crippen molar-refractivity contribution in [1.29, 1.82) is 0 Å². The van der Waals surface area contributed by atoms with Crippen LogP contribution < -0.4 is 0 Å². The van der Waals surface area contributed by atoms with E-state index >= 15 is 0 Å². The lowest BCUT2D eigenvalue weighted by atomic mass is 9.72. The zero-order chi connectivity index (χ0) is 24.2. The summed E-state index contributed by atoms with van der Waals surface area (Å²) in [5, 5.41) is 7.83. The molecule has 1 N–H and O–H groups in total. The smallest absolute Gasteiger partial charge is 0.475 e. The molecule has 2 aliphatic heterocycles. The molecule has 0 saturated carbocycles. The van der Waals surface area contributed by atoms with Crippen molar-refractivity contribution < 1.29 is 32.3 Å². The molecule has 4 rings (SSSR count). The molecule has 0 unspecified atom stereocenters. The molecule has 33 heavy (non-hydrogen) atoms. The molecule has 1 spiro atoms. The Kier molecular flexibility index (Phi) is 7.74. The molecule has 0 radical (unpaired) electrons. The van der Waals surface area contributed by atoms with Crippen molar-refractivity contribution in [3.05, 3.63) is 58.5 Å². The Morgan fingerprint density at radius 1 is 1.09 bits per heavy atom. The van der Waals surface area contributed by atoms with E-state index in [4.69, 9.17) is 25.9 Å². The summed E-state index contributed by atoms with van der Waals surface area (Å²) >= 11 is 5.91. The largest absolute Gasteiger partial charge is 0.490 e. The molecular weight excluding hydrogens is 461 g/mol. The molecule has 1 aromatic heterocycles. The van der Waals surface area contributed by atoms with Gasteiger partial charge in [-0.25, -0.2) is 4.79 Å². The molecular formula is C23H26ClF3N2O4. The molecule has 10 heteroatoms. The number of hydrogen-bond acceptors (Lipinski definition) is 4. The molecule has 3 heterocycles. The van der Waals surface area contributed by atoms with Gasteiger partial charge >= 0.3 is 12.1 Å². The van der Waals surface area contributed by atoms with Crippen LogP contribution in [0.1, 0.15) is 29.9 Å². The number of carboxylic acid groups (broad SMARTS) is 1. The summed E-state index contributed by atoms with van der Waals surface area (Å²) in [4.78, 5) is 25.9. The van der Waals surface area contributed by atoms with Crippen LogP contribution in [0.5, 0.6) is 0 Å². The molecule has 0 bridgehead atoms. The van der Waals surface area contributed by atoms with Gasteiger partial charge in [0.05, 0.1) is 13.0 Å². The summed E-state index contributed by atoms with van der Waals surface area (Å²) in [6.07, 6.45) is -2.29. The van der Waals surface area contributed by atoms with Crippen LogP contribution >= 0.6 is 11.6 Å². The lowest BCUT2D eigenvalue weighted by Gasteiger charge is -2.54. The fourth-order valence-electron chi connectivity index (χ4n) is 4.12. The summed E-state index contributed by atoms with van der Waals surface area (Å²) in [6.45, 7) is 6.86. The SMILES string of the molecule is Cc1ccc(CN2CCC3(CC2)CN(C(=O)Cc2ccc(Cl)cc2)C3)o1.O=C(O)C(F)(F)F. The van der Waals surface area contributed by atoms with Crippen LogP contribution in [0.4, 0.5) is 13.2 Å². The Labute approximate surface area is 194 Å². The number of furan rings is 1. The quantitative estimate of drug-likeness (QED) is 0.686. The van der Waals surface area contributed by atoms with Gasteiger partial charge in [-0.2, -0.15) is 13.2 Å². The van der Waals surface area contributed by atoms with Crippen LogP contribution in [-0.2, 0) is 22.6 Å². The first-order chi connectivity index (χ1) is 15.5. The standard InChI is InChI=1S/C21H25ClN2O2.C2HF3O2/c1-16-2-7-19(26-16)13-23-10-8-21(9-11-23)14-24(15-21)20(25)12-17-3-5-18(22)6-4-17;3-2(4,5)1(6)7/h2-7H,8-15H2,1H3;(H,6,7). The first kappa shape index (κ1) is 25.1. The molecule has 0 aliphatic carbocycles. The van der Waals surface area contributed by atoms with E-state index in [1.165, 1.54) is 0 Å². The second-order valence-electron chi connectivity index (χ2n) is 8.64. The van der Waals surface area contributed by atoms with E-state index in [2.05, 4.69) is 11.0 Å². The number of hydrogen-bond donors (Lipinski definition) is 1. The zero-order valence-electron chi connectivity index (χ0n) is 18.2. The van der Waals surface area contributed by atoms with Crippen molar-refractivity contribution in [1.82, 2.24) is 9.80 Å². The van der Waals surface area contributed by atoms with E-state index in [1.807, 2.05) is 42.2 Å². The summed E-state index contributed by atoms with van der Waals surface area (Å²) in [5.74, 6) is -0.506. The number of nitrogens with zero attached hydrogens (tertiary/aromatic N) is 2.